The number of hydrogen-bond acceptors (Lipinski definition) is 6. The van der Waals surface area contributed by atoms with Crippen LogP contribution in [0, 0.1) is 0 Å². The van der Waals surface area contributed by atoms with Gasteiger partial charge in [-0.05, 0) is 17.7 Å². The monoisotopic (exact) mass is 323 g/mol. The van der Waals surface area contributed by atoms with Gasteiger partial charge < -0.3 is 30.2 Å². The van der Waals surface area contributed by atoms with Crippen molar-refractivity contribution in [3.8, 4) is 11.5 Å². The van der Waals surface area contributed by atoms with Crippen LogP contribution in [0.1, 0.15) is 5.56 Å². The van der Waals surface area contributed by atoms with E-state index in [-0.39, 0.29) is 31.7 Å². The van der Waals surface area contributed by atoms with Gasteiger partial charge in [0.1, 0.15) is 0 Å². The number of fused-ring (bicyclic) bond motifs is 1. The van der Waals surface area contributed by atoms with Crippen LogP contribution >= 0.6 is 0 Å². The topological polar surface area (TPSA) is 103 Å². The number of benzene rings is 1. The Balaban J connectivity index is 1.99. The Kier molecular flexibility index (Phi) is 6.19. The number of carbonyl (C=O) groups excluding carboxylic acids is 2. The highest BCUT2D eigenvalue weighted by Crippen LogP contribution is 2.32. The molecule has 8 heteroatoms. The predicted molar refractivity (Wildman–Crippen MR) is 81.9 cm³/mol. The van der Waals surface area contributed by atoms with Gasteiger partial charge in [-0.1, -0.05) is 6.07 Å². The Labute approximate surface area is 134 Å². The number of amides is 2. The standard InChI is InChI=1S/C15H21N3O5/c1-21-5-4-18(15(20)8-17-14(19)7-16)9-11-2-3-12-13(6-11)23-10-22-12/h2-3,6H,4-5,7-10,16H2,1H3,(H,17,19). The third-order valence-electron chi connectivity index (χ3n) is 3.35. The highest BCUT2D eigenvalue weighted by atomic mass is 16.7. The first-order chi connectivity index (χ1) is 11.1. The smallest absolute Gasteiger partial charge is 0.242 e. The van der Waals surface area contributed by atoms with Crippen LogP contribution in [0.25, 0.3) is 0 Å². The summed E-state index contributed by atoms with van der Waals surface area (Å²) >= 11 is 0. The zero-order chi connectivity index (χ0) is 16.7. The minimum Gasteiger partial charge on any atom is -0.454 e. The zero-order valence-electron chi connectivity index (χ0n) is 13.0. The maximum atomic E-state index is 12.3. The van der Waals surface area contributed by atoms with Crippen molar-refractivity contribution in [3.63, 3.8) is 0 Å². The van der Waals surface area contributed by atoms with Crippen LogP contribution in [-0.4, -0.2) is 56.9 Å². The lowest BCUT2D eigenvalue weighted by Gasteiger charge is -2.23. The Hall–Kier alpha value is -2.32. The van der Waals surface area contributed by atoms with E-state index in [0.717, 1.165) is 5.56 Å². The van der Waals surface area contributed by atoms with Crippen LogP contribution in [0.3, 0.4) is 0 Å². The minimum absolute atomic E-state index is 0.0930. The molecule has 0 saturated heterocycles. The second-order valence-corrected chi connectivity index (χ2v) is 4.98. The van der Waals surface area contributed by atoms with Crippen molar-refractivity contribution in [3.05, 3.63) is 23.8 Å². The van der Waals surface area contributed by atoms with Gasteiger partial charge in [0.15, 0.2) is 11.5 Å². The summed E-state index contributed by atoms with van der Waals surface area (Å²) < 4.78 is 15.6. The van der Waals surface area contributed by atoms with Gasteiger partial charge in [0.05, 0.1) is 19.7 Å². The third-order valence-corrected chi connectivity index (χ3v) is 3.35. The van der Waals surface area contributed by atoms with Crippen molar-refractivity contribution >= 4 is 11.8 Å². The number of carbonyl (C=O) groups is 2. The molecule has 0 aliphatic carbocycles. The number of ether oxygens (including phenoxy) is 3. The summed E-state index contributed by atoms with van der Waals surface area (Å²) in [6, 6.07) is 5.53. The molecule has 23 heavy (non-hydrogen) atoms. The molecular weight excluding hydrogens is 302 g/mol. The van der Waals surface area contributed by atoms with Gasteiger partial charge >= 0.3 is 0 Å². The van der Waals surface area contributed by atoms with E-state index >= 15 is 0 Å². The number of nitrogens with two attached hydrogens (primary N) is 1. The van der Waals surface area contributed by atoms with E-state index in [9.17, 15) is 9.59 Å². The Bertz CT molecular complexity index is 564. The highest BCUT2D eigenvalue weighted by Gasteiger charge is 2.17. The maximum Gasteiger partial charge on any atom is 0.242 e. The van der Waals surface area contributed by atoms with Crippen LogP contribution in [0.4, 0.5) is 0 Å². The molecule has 1 aliphatic rings. The molecule has 1 aromatic rings. The number of nitrogens with one attached hydrogen (secondary N) is 1. The molecule has 0 spiro atoms. The number of methoxy groups -OCH3 is 1. The van der Waals surface area contributed by atoms with Gasteiger partial charge in [-0.3, -0.25) is 9.59 Å². The molecule has 0 aromatic heterocycles. The van der Waals surface area contributed by atoms with Crippen molar-refractivity contribution in [2.45, 2.75) is 6.54 Å². The summed E-state index contributed by atoms with van der Waals surface area (Å²) in [4.78, 5) is 25.1. The first kappa shape index (κ1) is 17.0. The van der Waals surface area contributed by atoms with Crippen LogP contribution in [0.2, 0.25) is 0 Å². The van der Waals surface area contributed by atoms with Crippen LogP contribution < -0.4 is 20.5 Å². The van der Waals surface area contributed by atoms with Crippen molar-refractivity contribution in [1.29, 1.82) is 0 Å². The fourth-order valence-electron chi connectivity index (χ4n) is 2.11. The first-order valence-electron chi connectivity index (χ1n) is 7.26. The molecular formula is C15H21N3O5. The predicted octanol–water partition coefficient (Wildman–Crippen LogP) is -0.535. The van der Waals surface area contributed by atoms with Crippen molar-refractivity contribution in [2.24, 2.45) is 5.73 Å². The summed E-state index contributed by atoms with van der Waals surface area (Å²) in [5, 5.41) is 2.48. The van der Waals surface area contributed by atoms with Gasteiger partial charge in [0.25, 0.3) is 0 Å². The van der Waals surface area contributed by atoms with Crippen LogP contribution in [0.15, 0.2) is 18.2 Å². The Morgan fingerprint density at radius 2 is 2.13 bits per heavy atom. The quantitative estimate of drug-likeness (QED) is 0.666. The first-order valence-corrected chi connectivity index (χ1v) is 7.26. The average molecular weight is 323 g/mol. The Morgan fingerprint density at radius 3 is 2.87 bits per heavy atom. The number of hydrogen-bond donors (Lipinski definition) is 2. The van der Waals surface area contributed by atoms with E-state index in [1.165, 1.54) is 0 Å². The summed E-state index contributed by atoms with van der Waals surface area (Å²) in [6.07, 6.45) is 0. The largest absolute Gasteiger partial charge is 0.454 e. The summed E-state index contributed by atoms with van der Waals surface area (Å²) in [6.45, 7) is 1.18. The minimum atomic E-state index is -0.367. The fourth-order valence-corrected chi connectivity index (χ4v) is 2.11. The lowest BCUT2D eigenvalue weighted by atomic mass is 10.2. The van der Waals surface area contributed by atoms with Crippen molar-refractivity contribution in [1.82, 2.24) is 10.2 Å². The van der Waals surface area contributed by atoms with E-state index in [1.54, 1.807) is 12.0 Å². The van der Waals surface area contributed by atoms with E-state index in [2.05, 4.69) is 5.32 Å². The summed E-state index contributed by atoms with van der Waals surface area (Å²) in [5.41, 5.74) is 6.11. The molecule has 2 rings (SSSR count). The van der Waals surface area contributed by atoms with E-state index < -0.39 is 0 Å². The number of rotatable bonds is 8. The van der Waals surface area contributed by atoms with Gasteiger partial charge in [0, 0.05) is 20.2 Å². The van der Waals surface area contributed by atoms with Gasteiger partial charge in [-0.25, -0.2) is 0 Å². The van der Waals surface area contributed by atoms with Crippen LogP contribution in [-0.2, 0) is 20.9 Å². The molecule has 1 aliphatic heterocycles. The summed E-state index contributed by atoms with van der Waals surface area (Å²) in [5.74, 6) is 0.784. The molecule has 126 valence electrons. The van der Waals surface area contributed by atoms with E-state index in [1.807, 2.05) is 18.2 Å². The lowest BCUT2D eigenvalue weighted by Crippen LogP contribution is -2.42. The number of nitrogens with zero attached hydrogens (tertiary/aromatic N) is 1. The zero-order valence-corrected chi connectivity index (χ0v) is 13.0. The van der Waals surface area contributed by atoms with Crippen molar-refractivity contribution < 1.29 is 23.8 Å². The molecule has 0 unspecified atom stereocenters. The maximum absolute atomic E-state index is 12.3. The molecule has 0 saturated carbocycles. The van der Waals surface area contributed by atoms with Gasteiger partial charge in [-0.15, -0.1) is 0 Å². The SMILES string of the molecule is COCCN(Cc1ccc2c(c1)OCO2)C(=O)CNC(=O)CN. The van der Waals surface area contributed by atoms with Crippen molar-refractivity contribution in [2.75, 3.05) is 40.1 Å². The normalized spacial score (nSPS) is 12.1. The highest BCUT2D eigenvalue weighted by molar-refractivity contribution is 5.85. The third kappa shape index (κ3) is 4.83. The fraction of sp³-hybridized carbons (Fsp3) is 0.467. The molecule has 8 nitrogen and oxygen atoms in total. The second kappa shape index (κ2) is 8.35. The molecule has 0 bridgehead atoms. The molecule has 0 radical (unpaired) electrons. The molecule has 0 fully saturated rings. The average Bonchev–Trinajstić information content (AvgIpc) is 3.03. The molecule has 1 aromatic carbocycles. The van der Waals surface area contributed by atoms with Gasteiger partial charge in [0.2, 0.25) is 18.6 Å². The lowest BCUT2D eigenvalue weighted by molar-refractivity contribution is -0.133. The van der Waals surface area contributed by atoms with E-state index in [4.69, 9.17) is 19.9 Å². The Morgan fingerprint density at radius 1 is 1.35 bits per heavy atom. The van der Waals surface area contributed by atoms with E-state index in [0.29, 0.717) is 31.2 Å². The van der Waals surface area contributed by atoms with Crippen LogP contribution in [0.5, 0.6) is 11.5 Å². The second-order valence-electron chi connectivity index (χ2n) is 4.98. The molecule has 1 heterocycles. The summed E-state index contributed by atoms with van der Waals surface area (Å²) in [7, 11) is 1.57. The molecule has 3 N–H and O–H groups in total. The molecule has 0 atom stereocenters. The molecule has 2 amide bonds. The van der Waals surface area contributed by atoms with Gasteiger partial charge in [-0.2, -0.15) is 0 Å².